The molecule has 30 heavy (non-hydrogen) atoms. The van der Waals surface area contributed by atoms with Crippen LogP contribution in [0.3, 0.4) is 0 Å². The van der Waals surface area contributed by atoms with E-state index < -0.39 is 0 Å². The summed E-state index contributed by atoms with van der Waals surface area (Å²) in [7, 11) is 1.67. The van der Waals surface area contributed by atoms with E-state index in [-0.39, 0.29) is 5.82 Å². The van der Waals surface area contributed by atoms with E-state index in [1.165, 1.54) is 28.6 Å². The molecule has 2 aromatic carbocycles. The number of halogens is 1. The van der Waals surface area contributed by atoms with Crippen molar-refractivity contribution < 1.29 is 9.13 Å². The van der Waals surface area contributed by atoms with E-state index in [1.807, 2.05) is 24.3 Å². The third-order valence-electron chi connectivity index (χ3n) is 4.29. The predicted octanol–water partition coefficient (Wildman–Crippen LogP) is 6.31. The number of anilines is 1. The average molecular weight is 448 g/mol. The number of methoxy groups -OCH3 is 1. The first kappa shape index (κ1) is 24.2. The van der Waals surface area contributed by atoms with Crippen molar-refractivity contribution in [3.63, 3.8) is 0 Å². The molecule has 162 valence electrons. The van der Waals surface area contributed by atoms with Gasteiger partial charge in [-0.15, -0.1) is 11.8 Å². The van der Waals surface area contributed by atoms with Crippen LogP contribution in [0.2, 0.25) is 0 Å². The minimum Gasteiger partial charge on any atom is -0.497 e. The number of benzene rings is 2. The molecule has 1 heterocycles. The van der Waals surface area contributed by atoms with E-state index in [0.29, 0.717) is 6.42 Å². The molecule has 3 rings (SSSR count). The van der Waals surface area contributed by atoms with Gasteiger partial charge in [0, 0.05) is 35.9 Å². The zero-order valence-corrected chi connectivity index (χ0v) is 19.7. The van der Waals surface area contributed by atoms with Crippen LogP contribution in [0.1, 0.15) is 38.1 Å². The molecule has 0 atom stereocenters. The Hall–Kier alpha value is -2.12. The molecule has 0 aliphatic rings. The highest BCUT2D eigenvalue weighted by Crippen LogP contribution is 2.20. The van der Waals surface area contributed by atoms with Gasteiger partial charge in [-0.25, -0.2) is 9.37 Å². The number of nitrogens with zero attached hydrogens (tertiary/aromatic N) is 3. The smallest absolute Gasteiger partial charge is 0.205 e. The Kier molecular flexibility index (Phi) is 10.7. The number of thioether (sulfide) groups is 1. The summed E-state index contributed by atoms with van der Waals surface area (Å²) >= 11 is 3.18. The van der Waals surface area contributed by atoms with Crippen LogP contribution in [-0.2, 0) is 6.42 Å². The summed E-state index contributed by atoms with van der Waals surface area (Å²) in [6.07, 6.45) is 4.92. The molecule has 0 spiro atoms. The van der Waals surface area contributed by atoms with E-state index in [0.717, 1.165) is 48.2 Å². The highest BCUT2D eigenvalue weighted by Gasteiger charge is 2.11. The second-order valence-corrected chi connectivity index (χ2v) is 8.27. The summed E-state index contributed by atoms with van der Waals surface area (Å²) in [5.41, 5.74) is 1.04. The first-order chi connectivity index (χ1) is 14.6. The number of ether oxygens (including phenoxy) is 1. The van der Waals surface area contributed by atoms with Crippen molar-refractivity contribution in [2.45, 2.75) is 38.0 Å². The van der Waals surface area contributed by atoms with Gasteiger partial charge in [-0.3, -0.25) is 0 Å². The minimum atomic E-state index is -0.210. The molecule has 0 fully saturated rings. The highest BCUT2D eigenvalue weighted by molar-refractivity contribution is 7.98. The van der Waals surface area contributed by atoms with Crippen molar-refractivity contribution in [2.75, 3.05) is 31.4 Å². The second kappa shape index (κ2) is 13.2. The summed E-state index contributed by atoms with van der Waals surface area (Å²) < 4.78 is 22.3. The number of hydrogen-bond acceptors (Lipinski definition) is 6. The lowest BCUT2D eigenvalue weighted by Gasteiger charge is -2.19. The van der Waals surface area contributed by atoms with Gasteiger partial charge in [0.05, 0.1) is 7.11 Å². The maximum Gasteiger partial charge on any atom is 0.205 e. The van der Waals surface area contributed by atoms with Gasteiger partial charge in [0.15, 0.2) is 0 Å². The van der Waals surface area contributed by atoms with Crippen molar-refractivity contribution >= 4 is 28.4 Å². The lowest BCUT2D eigenvalue weighted by Crippen LogP contribution is -2.24. The number of rotatable bonds is 9. The van der Waals surface area contributed by atoms with Gasteiger partial charge in [0.2, 0.25) is 5.13 Å². The second-order valence-electron chi connectivity index (χ2n) is 6.66. The normalized spacial score (nSPS) is 10.3. The maximum atomic E-state index is 12.9. The van der Waals surface area contributed by atoms with E-state index >= 15 is 0 Å². The van der Waals surface area contributed by atoms with Crippen LogP contribution in [0, 0.1) is 5.82 Å². The van der Waals surface area contributed by atoms with E-state index in [2.05, 4.69) is 34.4 Å². The van der Waals surface area contributed by atoms with Gasteiger partial charge in [-0.05, 0) is 61.1 Å². The van der Waals surface area contributed by atoms with Gasteiger partial charge in [0.1, 0.15) is 17.4 Å². The van der Waals surface area contributed by atoms with E-state index in [9.17, 15) is 4.39 Å². The van der Waals surface area contributed by atoms with Crippen LogP contribution in [0.5, 0.6) is 5.75 Å². The summed E-state index contributed by atoms with van der Waals surface area (Å²) in [6, 6.07) is 14.5. The topological polar surface area (TPSA) is 38.2 Å². The molecule has 1 aromatic heterocycles. The van der Waals surface area contributed by atoms with Crippen molar-refractivity contribution in [1.82, 2.24) is 9.36 Å². The van der Waals surface area contributed by atoms with E-state index in [4.69, 9.17) is 4.74 Å². The summed E-state index contributed by atoms with van der Waals surface area (Å²) in [5, 5.41) is 0.991. The molecule has 0 saturated heterocycles. The molecule has 0 bridgehead atoms. The molecule has 0 amide bonds. The molecule has 0 N–H and O–H groups in total. The van der Waals surface area contributed by atoms with Crippen molar-refractivity contribution in [2.24, 2.45) is 0 Å². The maximum absolute atomic E-state index is 12.9. The van der Waals surface area contributed by atoms with Crippen LogP contribution in [-0.4, -0.2) is 35.8 Å². The molecule has 4 nitrogen and oxygen atoms in total. The first-order valence-corrected chi connectivity index (χ1v) is 12.1. The third kappa shape index (κ3) is 7.95. The first-order valence-electron chi connectivity index (χ1n) is 10.1. The van der Waals surface area contributed by atoms with Gasteiger partial charge in [0.25, 0.3) is 0 Å². The Balaban J connectivity index is 0.000000269. The van der Waals surface area contributed by atoms with Crippen LogP contribution in [0.4, 0.5) is 9.52 Å². The molecule has 0 aliphatic carbocycles. The molecule has 0 saturated carbocycles. The standard InChI is InChI=1S/C15H20FN3S.C8H10OS/c1-3-9-19(10-4-2)15-17-14(18-20-15)11-12-5-7-13(16)8-6-12;1-9-7-3-5-8(10-2)6-4-7/h5-8H,3-4,9-11H2,1-2H3;3-6H,1-2H3. The summed E-state index contributed by atoms with van der Waals surface area (Å²) in [6.45, 7) is 6.37. The van der Waals surface area contributed by atoms with Crippen LogP contribution in [0.15, 0.2) is 53.4 Å². The van der Waals surface area contributed by atoms with Crippen LogP contribution < -0.4 is 9.64 Å². The van der Waals surface area contributed by atoms with Crippen LogP contribution in [0.25, 0.3) is 0 Å². The van der Waals surface area contributed by atoms with Gasteiger partial charge in [-0.2, -0.15) is 4.37 Å². The molecule has 7 heteroatoms. The molecule has 0 radical (unpaired) electrons. The fourth-order valence-corrected chi connectivity index (χ4v) is 3.93. The van der Waals surface area contributed by atoms with Crippen molar-refractivity contribution in [1.29, 1.82) is 0 Å². The monoisotopic (exact) mass is 447 g/mol. The van der Waals surface area contributed by atoms with E-state index in [1.54, 1.807) is 31.0 Å². The molecule has 0 aliphatic heterocycles. The van der Waals surface area contributed by atoms with Crippen molar-refractivity contribution in [3.05, 3.63) is 65.7 Å². The van der Waals surface area contributed by atoms with Gasteiger partial charge in [-0.1, -0.05) is 26.0 Å². The largest absolute Gasteiger partial charge is 0.497 e. The Morgan fingerprint density at radius 1 is 1.00 bits per heavy atom. The predicted molar refractivity (Wildman–Crippen MR) is 127 cm³/mol. The van der Waals surface area contributed by atoms with Crippen molar-refractivity contribution in [3.8, 4) is 5.75 Å². The highest BCUT2D eigenvalue weighted by atomic mass is 32.2. The molecule has 3 aromatic rings. The SMILES string of the molecule is CCCN(CCC)c1nc(Cc2ccc(F)cc2)ns1.COc1ccc(SC)cc1. The van der Waals surface area contributed by atoms with Crippen LogP contribution >= 0.6 is 23.3 Å². The summed E-state index contributed by atoms with van der Waals surface area (Å²) in [5.74, 6) is 1.52. The lowest BCUT2D eigenvalue weighted by molar-refractivity contribution is 0.414. The molecular weight excluding hydrogens is 417 g/mol. The fraction of sp³-hybridized carbons (Fsp3) is 0.391. The number of hydrogen-bond donors (Lipinski definition) is 0. The Bertz CT molecular complexity index is 825. The Morgan fingerprint density at radius 2 is 1.63 bits per heavy atom. The molecule has 0 unspecified atom stereocenters. The summed E-state index contributed by atoms with van der Waals surface area (Å²) in [4.78, 5) is 8.15. The lowest BCUT2D eigenvalue weighted by atomic mass is 10.1. The Labute approximate surface area is 187 Å². The quantitative estimate of drug-likeness (QED) is 0.359. The fourth-order valence-electron chi connectivity index (χ4n) is 2.78. The zero-order chi connectivity index (χ0) is 21.8. The zero-order valence-electron chi connectivity index (χ0n) is 18.1. The van der Waals surface area contributed by atoms with Gasteiger partial charge >= 0.3 is 0 Å². The third-order valence-corrected chi connectivity index (χ3v) is 5.84. The minimum absolute atomic E-state index is 0.210. The number of aromatic nitrogens is 2. The Morgan fingerprint density at radius 3 is 2.17 bits per heavy atom. The molecular formula is C23H30FN3OS2. The van der Waals surface area contributed by atoms with Gasteiger partial charge < -0.3 is 9.64 Å². The average Bonchev–Trinajstić information content (AvgIpc) is 3.24.